The van der Waals surface area contributed by atoms with E-state index in [0.717, 1.165) is 4.57 Å². The Morgan fingerprint density at radius 2 is 2.12 bits per heavy atom. The lowest BCUT2D eigenvalue weighted by Crippen LogP contribution is -2.38. The molecule has 13 heteroatoms. The number of rotatable bonds is 4. The van der Waals surface area contributed by atoms with Gasteiger partial charge in [-0.05, 0) is 19.1 Å². The molecule has 166 valence electrons. The number of hydrogen-bond acceptors (Lipinski definition) is 11. The van der Waals surface area contributed by atoms with Crippen LogP contribution < -0.4 is 27.7 Å². The Morgan fingerprint density at radius 3 is 2.82 bits per heavy atom. The second-order valence-corrected chi connectivity index (χ2v) is 7.38. The lowest BCUT2D eigenvalue weighted by Gasteiger charge is -2.21. The Labute approximate surface area is 191 Å². The summed E-state index contributed by atoms with van der Waals surface area (Å²) < 4.78 is 0.908. The molecule has 0 amide bonds. The highest BCUT2D eigenvalue weighted by atomic mass is 35.5. The number of nitriles is 1. The van der Waals surface area contributed by atoms with Crippen LogP contribution in [0.25, 0.3) is 10.9 Å². The van der Waals surface area contributed by atoms with Crippen molar-refractivity contribution in [3.8, 4) is 6.07 Å². The SMILES string of the molecule is C[C@H](Nc1nc(N)nc(N)c1C#N)c1nc2cccc(Cl)c2c(=O)n1C(=O)C1=CN=CCN1. The first kappa shape index (κ1) is 21.7. The van der Waals surface area contributed by atoms with Crippen LogP contribution in [0.4, 0.5) is 17.6 Å². The Morgan fingerprint density at radius 1 is 1.33 bits per heavy atom. The number of allylic oxidation sites excluding steroid dienone is 1. The molecule has 6 N–H and O–H groups in total. The van der Waals surface area contributed by atoms with E-state index in [1.54, 1.807) is 25.3 Å². The minimum atomic E-state index is -0.793. The predicted octanol–water partition coefficient (Wildman–Crippen LogP) is 1.20. The standard InChI is InChI=1S/C20H17ClN10O2/c1-9(27-16-10(7-22)15(23)29-20(24)30-16)17-28-12-4-2-3-11(21)14(12)19(33)31(17)18(32)13-8-25-5-6-26-13/h2-5,8-9,26H,6H2,1H3,(H5,23,24,27,29,30)/t9-/m0/s1. The van der Waals surface area contributed by atoms with Crippen LogP contribution in [0.15, 0.2) is 39.9 Å². The summed E-state index contributed by atoms with van der Waals surface area (Å²) in [6.07, 6.45) is 2.89. The first-order valence-corrected chi connectivity index (χ1v) is 10.0. The van der Waals surface area contributed by atoms with E-state index < -0.39 is 17.5 Å². The highest BCUT2D eigenvalue weighted by Gasteiger charge is 2.26. The fraction of sp³-hybridized carbons (Fsp3) is 0.150. The van der Waals surface area contributed by atoms with Gasteiger partial charge in [0.05, 0.1) is 34.7 Å². The van der Waals surface area contributed by atoms with E-state index in [0.29, 0.717) is 12.1 Å². The Bertz CT molecular complexity index is 1450. The highest BCUT2D eigenvalue weighted by Crippen LogP contribution is 2.25. The van der Waals surface area contributed by atoms with E-state index in [-0.39, 0.29) is 45.1 Å². The van der Waals surface area contributed by atoms with Crippen LogP contribution in [0.3, 0.4) is 0 Å². The van der Waals surface area contributed by atoms with Crippen molar-refractivity contribution in [1.82, 2.24) is 24.8 Å². The number of carbonyl (C=O) groups is 1. The average molecular weight is 465 g/mol. The van der Waals surface area contributed by atoms with Crippen molar-refractivity contribution in [1.29, 1.82) is 5.26 Å². The topological polar surface area (TPSA) is 190 Å². The van der Waals surface area contributed by atoms with Crippen molar-refractivity contribution in [2.24, 2.45) is 4.99 Å². The van der Waals surface area contributed by atoms with Crippen molar-refractivity contribution in [3.05, 3.63) is 56.9 Å². The first-order chi connectivity index (χ1) is 15.8. The van der Waals surface area contributed by atoms with Crippen LogP contribution >= 0.6 is 11.6 Å². The van der Waals surface area contributed by atoms with Crippen LogP contribution in [0.1, 0.15) is 29.1 Å². The van der Waals surface area contributed by atoms with Crippen LogP contribution in [-0.2, 0) is 0 Å². The number of nitrogen functional groups attached to an aromatic ring is 2. The lowest BCUT2D eigenvalue weighted by molar-refractivity contribution is 0.0937. The molecule has 3 heterocycles. The molecule has 0 unspecified atom stereocenters. The van der Waals surface area contributed by atoms with Crippen LogP contribution in [0, 0.1) is 11.3 Å². The number of anilines is 3. The quantitative estimate of drug-likeness (QED) is 0.436. The smallest absolute Gasteiger partial charge is 0.284 e. The number of aromatic nitrogens is 4. The maximum Gasteiger partial charge on any atom is 0.284 e. The normalized spacial score (nSPS) is 13.7. The highest BCUT2D eigenvalue weighted by molar-refractivity contribution is 6.35. The summed E-state index contributed by atoms with van der Waals surface area (Å²) >= 11 is 6.25. The molecule has 33 heavy (non-hydrogen) atoms. The van der Waals surface area contributed by atoms with E-state index in [1.165, 1.54) is 12.3 Å². The zero-order valence-corrected chi connectivity index (χ0v) is 18.0. The molecule has 1 atom stereocenters. The van der Waals surface area contributed by atoms with Crippen molar-refractivity contribution >= 4 is 52.2 Å². The van der Waals surface area contributed by atoms with Crippen molar-refractivity contribution in [2.75, 3.05) is 23.3 Å². The van der Waals surface area contributed by atoms with E-state index in [1.807, 2.05) is 6.07 Å². The summed E-state index contributed by atoms with van der Waals surface area (Å²) in [5.74, 6) is -0.842. The maximum absolute atomic E-state index is 13.4. The first-order valence-electron chi connectivity index (χ1n) is 9.63. The summed E-state index contributed by atoms with van der Waals surface area (Å²) in [6, 6.07) is 5.91. The third-order valence-electron chi connectivity index (χ3n) is 4.81. The molecule has 0 fully saturated rings. The molecule has 0 saturated carbocycles. The number of carbonyl (C=O) groups excluding carboxylic acids is 1. The van der Waals surface area contributed by atoms with E-state index in [4.69, 9.17) is 23.1 Å². The number of nitrogens with one attached hydrogen (secondary N) is 2. The van der Waals surface area contributed by atoms with Gasteiger partial charge in [-0.25, -0.2) is 9.55 Å². The van der Waals surface area contributed by atoms with Gasteiger partial charge in [0.2, 0.25) is 5.95 Å². The molecule has 2 aromatic heterocycles. The van der Waals surface area contributed by atoms with E-state index >= 15 is 0 Å². The number of hydrogen-bond donors (Lipinski definition) is 4. The largest absolute Gasteiger partial charge is 0.382 e. The summed E-state index contributed by atoms with van der Waals surface area (Å²) in [4.78, 5) is 43.0. The summed E-state index contributed by atoms with van der Waals surface area (Å²) in [7, 11) is 0. The monoisotopic (exact) mass is 464 g/mol. The van der Waals surface area contributed by atoms with Crippen molar-refractivity contribution in [2.45, 2.75) is 13.0 Å². The molecule has 0 bridgehead atoms. The molecule has 1 aromatic carbocycles. The molecule has 12 nitrogen and oxygen atoms in total. The second kappa shape index (κ2) is 8.56. The minimum Gasteiger partial charge on any atom is -0.382 e. The molecular weight excluding hydrogens is 448 g/mol. The number of benzene rings is 1. The third kappa shape index (κ3) is 3.92. The average Bonchev–Trinajstić information content (AvgIpc) is 2.78. The number of halogens is 1. The Balaban J connectivity index is 1.91. The van der Waals surface area contributed by atoms with Crippen molar-refractivity contribution < 1.29 is 4.79 Å². The second-order valence-electron chi connectivity index (χ2n) is 6.97. The van der Waals surface area contributed by atoms with Gasteiger partial charge < -0.3 is 22.1 Å². The molecule has 0 radical (unpaired) electrons. The van der Waals surface area contributed by atoms with Crippen LogP contribution in [-0.4, -0.2) is 38.2 Å². The third-order valence-corrected chi connectivity index (χ3v) is 5.12. The lowest BCUT2D eigenvalue weighted by atomic mass is 10.2. The zero-order valence-electron chi connectivity index (χ0n) is 17.2. The summed E-state index contributed by atoms with van der Waals surface area (Å²) in [6.45, 7) is 1.96. The molecule has 1 aliphatic heterocycles. The van der Waals surface area contributed by atoms with Gasteiger partial charge in [-0.1, -0.05) is 17.7 Å². The van der Waals surface area contributed by atoms with E-state index in [2.05, 4.69) is 30.6 Å². The molecule has 1 aliphatic rings. The van der Waals surface area contributed by atoms with E-state index in [9.17, 15) is 14.9 Å². The molecule has 3 aromatic rings. The van der Waals surface area contributed by atoms with Gasteiger partial charge in [0.1, 0.15) is 29.0 Å². The van der Waals surface area contributed by atoms with Crippen molar-refractivity contribution in [3.63, 3.8) is 0 Å². The van der Waals surface area contributed by atoms with Crippen LogP contribution in [0.5, 0.6) is 0 Å². The van der Waals surface area contributed by atoms with Gasteiger partial charge >= 0.3 is 0 Å². The maximum atomic E-state index is 13.4. The number of nitrogens with zero attached hydrogens (tertiary/aromatic N) is 6. The molecule has 0 saturated heterocycles. The number of nitrogens with two attached hydrogens (primary N) is 2. The molecule has 4 rings (SSSR count). The molecule has 0 aliphatic carbocycles. The predicted molar refractivity (Wildman–Crippen MR) is 124 cm³/mol. The van der Waals surface area contributed by atoms with Gasteiger partial charge in [-0.15, -0.1) is 0 Å². The minimum absolute atomic E-state index is 0.0360. The van der Waals surface area contributed by atoms with Gasteiger partial charge in [-0.2, -0.15) is 15.2 Å². The molecule has 0 spiro atoms. The Hall–Kier alpha value is -4.50. The fourth-order valence-electron chi connectivity index (χ4n) is 3.31. The summed E-state index contributed by atoms with van der Waals surface area (Å²) in [5, 5.41) is 15.5. The zero-order chi connectivity index (χ0) is 23.7. The number of fused-ring (bicyclic) bond motifs is 1. The van der Waals surface area contributed by atoms with Gasteiger partial charge in [0.15, 0.2) is 5.82 Å². The number of aliphatic imine (C=N–C) groups is 1. The molecular formula is C20H17ClN10O2. The van der Waals surface area contributed by atoms with Crippen LogP contribution in [0.2, 0.25) is 5.02 Å². The van der Waals surface area contributed by atoms with Gasteiger partial charge in [0.25, 0.3) is 11.5 Å². The van der Waals surface area contributed by atoms with Gasteiger partial charge in [0, 0.05) is 6.21 Å². The fourth-order valence-corrected chi connectivity index (χ4v) is 3.56. The Kier molecular flexibility index (Phi) is 5.63. The summed E-state index contributed by atoms with van der Waals surface area (Å²) in [5.41, 5.74) is 11.2. The van der Waals surface area contributed by atoms with Gasteiger partial charge in [-0.3, -0.25) is 14.6 Å².